The molecule has 0 aliphatic carbocycles. The van der Waals surface area contributed by atoms with Crippen LogP contribution < -0.4 is 0 Å². The molecule has 0 unspecified atom stereocenters. The van der Waals surface area contributed by atoms with Crippen molar-refractivity contribution < 1.29 is 4.52 Å². The highest BCUT2D eigenvalue weighted by Crippen LogP contribution is 2.23. The number of benzene rings is 1. The van der Waals surface area contributed by atoms with Crippen LogP contribution in [0.5, 0.6) is 0 Å². The van der Waals surface area contributed by atoms with Crippen LogP contribution >= 0.6 is 0 Å². The van der Waals surface area contributed by atoms with E-state index in [-0.39, 0.29) is 0 Å². The summed E-state index contributed by atoms with van der Waals surface area (Å²) in [6.07, 6.45) is 1.69. The first-order valence-corrected chi connectivity index (χ1v) is 6.04. The summed E-state index contributed by atoms with van der Waals surface area (Å²) in [6, 6.07) is 12.9. The van der Waals surface area contributed by atoms with Gasteiger partial charge in [0.2, 0.25) is 5.82 Å². The first kappa shape index (κ1) is 12.1. The van der Waals surface area contributed by atoms with E-state index in [2.05, 4.69) is 21.2 Å². The summed E-state index contributed by atoms with van der Waals surface area (Å²) in [5.74, 6) is 0.822. The number of pyridine rings is 1. The standard InChI is InChI=1S/C15H10N4O/c1-10-4-3-7-17-13(10)14-18-15(20-19-14)12-6-2-5-11(8-12)9-16/h2-8H,1H3. The molecule has 0 N–H and O–H groups in total. The SMILES string of the molecule is Cc1cccnc1-c1noc(-c2cccc(C#N)c2)n1. The summed E-state index contributed by atoms with van der Waals surface area (Å²) >= 11 is 0. The van der Waals surface area contributed by atoms with E-state index < -0.39 is 0 Å². The second-order valence-corrected chi connectivity index (χ2v) is 4.28. The fourth-order valence-corrected chi connectivity index (χ4v) is 1.88. The van der Waals surface area contributed by atoms with Crippen molar-refractivity contribution in [3.63, 3.8) is 0 Å². The lowest BCUT2D eigenvalue weighted by atomic mass is 10.1. The minimum absolute atomic E-state index is 0.377. The lowest BCUT2D eigenvalue weighted by Crippen LogP contribution is -1.89. The Balaban J connectivity index is 2.02. The molecule has 0 atom stereocenters. The van der Waals surface area contributed by atoms with Crippen molar-refractivity contribution in [2.45, 2.75) is 6.92 Å². The van der Waals surface area contributed by atoms with Crippen LogP contribution in [0.2, 0.25) is 0 Å². The van der Waals surface area contributed by atoms with E-state index in [4.69, 9.17) is 9.78 Å². The highest BCUT2D eigenvalue weighted by atomic mass is 16.5. The molecule has 3 rings (SSSR count). The molecule has 5 heteroatoms. The van der Waals surface area contributed by atoms with Gasteiger partial charge >= 0.3 is 0 Å². The third-order valence-corrected chi connectivity index (χ3v) is 2.89. The predicted octanol–water partition coefficient (Wildman–Crippen LogP) is 2.98. The molecule has 20 heavy (non-hydrogen) atoms. The van der Waals surface area contributed by atoms with Gasteiger partial charge in [-0.25, -0.2) is 0 Å². The van der Waals surface area contributed by atoms with Gasteiger partial charge < -0.3 is 4.52 Å². The van der Waals surface area contributed by atoms with Gasteiger partial charge in [-0.05, 0) is 36.8 Å². The largest absolute Gasteiger partial charge is 0.334 e. The van der Waals surface area contributed by atoms with Crippen LogP contribution in [-0.2, 0) is 0 Å². The van der Waals surface area contributed by atoms with E-state index in [0.29, 0.717) is 23.0 Å². The molecule has 0 aliphatic rings. The Hall–Kier alpha value is -3.00. The molecule has 5 nitrogen and oxygen atoms in total. The highest BCUT2D eigenvalue weighted by Gasteiger charge is 2.13. The van der Waals surface area contributed by atoms with Gasteiger partial charge in [0.1, 0.15) is 5.69 Å². The first-order chi connectivity index (χ1) is 9.78. The van der Waals surface area contributed by atoms with Gasteiger partial charge in [0, 0.05) is 11.8 Å². The van der Waals surface area contributed by atoms with Crippen LogP contribution in [-0.4, -0.2) is 15.1 Å². The maximum absolute atomic E-state index is 8.90. The van der Waals surface area contributed by atoms with Gasteiger partial charge in [-0.2, -0.15) is 10.2 Å². The van der Waals surface area contributed by atoms with Gasteiger partial charge in [0.05, 0.1) is 11.6 Å². The molecule has 0 fully saturated rings. The Morgan fingerprint density at radius 1 is 1.20 bits per heavy atom. The molecule has 0 bridgehead atoms. The molecule has 1 aromatic carbocycles. The Labute approximate surface area is 115 Å². The summed E-state index contributed by atoms with van der Waals surface area (Å²) in [5.41, 5.74) is 2.94. The van der Waals surface area contributed by atoms with Crippen LogP contribution in [0.3, 0.4) is 0 Å². The Morgan fingerprint density at radius 2 is 2.10 bits per heavy atom. The summed E-state index contributed by atoms with van der Waals surface area (Å²) < 4.78 is 5.25. The number of nitriles is 1. The van der Waals surface area contributed by atoms with Crippen molar-refractivity contribution in [1.29, 1.82) is 5.26 Å². The number of rotatable bonds is 2. The third-order valence-electron chi connectivity index (χ3n) is 2.89. The number of aromatic nitrogens is 3. The lowest BCUT2D eigenvalue weighted by Gasteiger charge is -1.97. The van der Waals surface area contributed by atoms with E-state index in [0.717, 1.165) is 11.1 Å². The van der Waals surface area contributed by atoms with Crippen LogP contribution in [0.1, 0.15) is 11.1 Å². The van der Waals surface area contributed by atoms with Gasteiger partial charge in [-0.3, -0.25) is 4.98 Å². The molecule has 2 aromatic heterocycles. The average molecular weight is 262 g/mol. The fourth-order valence-electron chi connectivity index (χ4n) is 1.88. The zero-order valence-electron chi connectivity index (χ0n) is 10.7. The maximum atomic E-state index is 8.90. The monoisotopic (exact) mass is 262 g/mol. The van der Waals surface area contributed by atoms with Crippen molar-refractivity contribution in [3.8, 4) is 29.0 Å². The van der Waals surface area contributed by atoms with Crippen molar-refractivity contribution in [3.05, 3.63) is 53.7 Å². The molecule has 0 saturated carbocycles. The predicted molar refractivity (Wildman–Crippen MR) is 72.4 cm³/mol. The molecule has 2 heterocycles. The quantitative estimate of drug-likeness (QED) is 0.709. The van der Waals surface area contributed by atoms with Crippen molar-refractivity contribution in [2.75, 3.05) is 0 Å². The minimum Gasteiger partial charge on any atom is -0.334 e. The molecule has 0 saturated heterocycles. The van der Waals surface area contributed by atoms with Crippen LogP contribution in [0.15, 0.2) is 47.1 Å². The second-order valence-electron chi connectivity index (χ2n) is 4.28. The Kier molecular flexibility index (Phi) is 2.98. The van der Waals surface area contributed by atoms with E-state index in [9.17, 15) is 0 Å². The van der Waals surface area contributed by atoms with E-state index in [1.807, 2.05) is 25.1 Å². The minimum atomic E-state index is 0.377. The summed E-state index contributed by atoms with van der Waals surface area (Å²) in [5, 5.41) is 12.8. The number of hydrogen-bond acceptors (Lipinski definition) is 5. The third kappa shape index (κ3) is 2.15. The van der Waals surface area contributed by atoms with Crippen molar-refractivity contribution in [1.82, 2.24) is 15.1 Å². The lowest BCUT2D eigenvalue weighted by molar-refractivity contribution is 0.432. The number of aryl methyl sites for hydroxylation is 1. The average Bonchev–Trinajstić information content (AvgIpc) is 2.97. The number of nitrogens with zero attached hydrogens (tertiary/aromatic N) is 4. The summed E-state index contributed by atoms with van der Waals surface area (Å²) in [6.45, 7) is 1.94. The van der Waals surface area contributed by atoms with E-state index in [1.165, 1.54) is 0 Å². The molecular weight excluding hydrogens is 252 g/mol. The molecular formula is C15H10N4O. The Bertz CT molecular complexity index is 801. The topological polar surface area (TPSA) is 75.6 Å². The maximum Gasteiger partial charge on any atom is 0.258 e. The van der Waals surface area contributed by atoms with Gasteiger partial charge in [-0.15, -0.1) is 0 Å². The second kappa shape index (κ2) is 4.94. The molecule has 0 amide bonds. The van der Waals surface area contributed by atoms with Gasteiger partial charge in [0.25, 0.3) is 5.89 Å². The zero-order chi connectivity index (χ0) is 13.9. The Morgan fingerprint density at radius 3 is 2.90 bits per heavy atom. The normalized spacial score (nSPS) is 10.2. The molecule has 96 valence electrons. The fraction of sp³-hybridized carbons (Fsp3) is 0.0667. The van der Waals surface area contributed by atoms with Crippen LogP contribution in [0.25, 0.3) is 23.0 Å². The van der Waals surface area contributed by atoms with Crippen molar-refractivity contribution >= 4 is 0 Å². The summed E-state index contributed by atoms with van der Waals surface area (Å²) in [4.78, 5) is 8.59. The molecule has 0 aliphatic heterocycles. The molecule has 0 radical (unpaired) electrons. The smallest absolute Gasteiger partial charge is 0.258 e. The highest BCUT2D eigenvalue weighted by molar-refractivity contribution is 5.60. The van der Waals surface area contributed by atoms with Crippen LogP contribution in [0.4, 0.5) is 0 Å². The zero-order valence-corrected chi connectivity index (χ0v) is 10.7. The van der Waals surface area contributed by atoms with E-state index in [1.54, 1.807) is 24.4 Å². The van der Waals surface area contributed by atoms with E-state index >= 15 is 0 Å². The van der Waals surface area contributed by atoms with Gasteiger partial charge in [-0.1, -0.05) is 17.3 Å². The molecule has 3 aromatic rings. The van der Waals surface area contributed by atoms with Crippen molar-refractivity contribution in [2.24, 2.45) is 0 Å². The molecule has 0 spiro atoms. The van der Waals surface area contributed by atoms with Gasteiger partial charge in [0.15, 0.2) is 0 Å². The summed E-state index contributed by atoms with van der Waals surface area (Å²) in [7, 11) is 0. The number of hydrogen-bond donors (Lipinski definition) is 0. The first-order valence-electron chi connectivity index (χ1n) is 6.04. The van der Waals surface area contributed by atoms with Crippen LogP contribution in [0, 0.1) is 18.3 Å².